The largest absolute Gasteiger partial charge is 0.369 e. The van der Waals surface area contributed by atoms with Gasteiger partial charge in [0.05, 0.1) is 0 Å². The molecule has 1 fully saturated rings. The Morgan fingerprint density at radius 3 is 2.81 bits per heavy atom. The lowest BCUT2D eigenvalue weighted by Crippen LogP contribution is -2.48. The van der Waals surface area contributed by atoms with Crippen molar-refractivity contribution in [2.24, 2.45) is 0 Å². The fourth-order valence-electron chi connectivity index (χ4n) is 4.08. The van der Waals surface area contributed by atoms with Crippen LogP contribution in [0.1, 0.15) is 16.1 Å². The predicted molar refractivity (Wildman–Crippen MR) is 124 cm³/mol. The van der Waals surface area contributed by atoms with Gasteiger partial charge < -0.3 is 14.7 Å². The van der Waals surface area contributed by atoms with Crippen molar-refractivity contribution < 1.29 is 9.32 Å². The average Bonchev–Trinajstić information content (AvgIpc) is 3.24. The number of hydrogen-bond acceptors (Lipinski definition) is 6. The number of nitrogens with one attached hydrogen (secondary N) is 1. The van der Waals surface area contributed by atoms with Crippen molar-refractivity contribution in [3.8, 4) is 11.3 Å². The number of hydrogen-bond donors (Lipinski definition) is 1. The van der Waals surface area contributed by atoms with Crippen molar-refractivity contribution >= 4 is 35.0 Å². The number of fused-ring (bicyclic) bond motifs is 3. The first kappa shape index (κ1) is 20.4. The molecule has 0 bridgehead atoms. The zero-order valence-corrected chi connectivity index (χ0v) is 18.6. The minimum atomic E-state index is -0.164. The third kappa shape index (κ3) is 4.31. The summed E-state index contributed by atoms with van der Waals surface area (Å²) >= 11 is 7.82. The van der Waals surface area contributed by atoms with Gasteiger partial charge in [0.2, 0.25) is 0 Å². The summed E-state index contributed by atoms with van der Waals surface area (Å²) in [6, 6.07) is 16.0. The number of thioether (sulfide) groups is 1. The molecule has 0 radical (unpaired) electrons. The summed E-state index contributed by atoms with van der Waals surface area (Å²) < 4.78 is 5.54. The highest BCUT2D eigenvalue weighted by molar-refractivity contribution is 7.98. The second-order valence-corrected chi connectivity index (χ2v) is 9.14. The van der Waals surface area contributed by atoms with Crippen LogP contribution < -0.4 is 10.2 Å². The van der Waals surface area contributed by atoms with Gasteiger partial charge in [0.1, 0.15) is 0 Å². The summed E-state index contributed by atoms with van der Waals surface area (Å²) in [4.78, 5) is 18.6. The van der Waals surface area contributed by atoms with Crippen molar-refractivity contribution in [3.05, 3.63) is 64.8 Å². The van der Waals surface area contributed by atoms with Crippen LogP contribution in [-0.2, 0) is 5.75 Å². The first-order chi connectivity index (χ1) is 15.2. The molecular weight excluding hydrogens is 432 g/mol. The van der Waals surface area contributed by atoms with E-state index >= 15 is 0 Å². The van der Waals surface area contributed by atoms with E-state index in [9.17, 15) is 4.79 Å². The van der Waals surface area contributed by atoms with Crippen molar-refractivity contribution in [1.82, 2.24) is 15.4 Å². The molecule has 2 aliphatic rings. The molecule has 8 heteroatoms. The normalized spacial score (nSPS) is 16.0. The Kier molecular flexibility index (Phi) is 5.89. The van der Waals surface area contributed by atoms with Gasteiger partial charge in [-0.1, -0.05) is 35.0 Å². The van der Waals surface area contributed by atoms with Crippen LogP contribution in [-0.4, -0.2) is 55.2 Å². The molecule has 31 heavy (non-hydrogen) atoms. The summed E-state index contributed by atoms with van der Waals surface area (Å²) in [5.41, 5.74) is 3.47. The molecule has 0 atom stereocenters. The van der Waals surface area contributed by atoms with E-state index in [1.54, 1.807) is 11.8 Å². The zero-order valence-electron chi connectivity index (χ0n) is 17.0. The van der Waals surface area contributed by atoms with E-state index in [1.165, 1.54) is 0 Å². The van der Waals surface area contributed by atoms with Gasteiger partial charge in [-0.2, -0.15) is 0 Å². The molecule has 1 aromatic heterocycles. The molecule has 3 aromatic rings. The zero-order chi connectivity index (χ0) is 21.2. The Labute approximate surface area is 190 Å². The second kappa shape index (κ2) is 8.94. The minimum absolute atomic E-state index is 0.164. The SMILES string of the molecule is O=C(NCCN1CCN(c2cccc(Cl)c2)CC1)c1noc2c1CSc1ccccc1-2. The van der Waals surface area contributed by atoms with Crippen LogP contribution in [0.4, 0.5) is 5.69 Å². The number of carbonyl (C=O) groups excluding carboxylic acids is 1. The first-order valence-corrected chi connectivity index (χ1v) is 11.8. The fourth-order valence-corrected chi connectivity index (χ4v) is 5.32. The highest BCUT2D eigenvalue weighted by Gasteiger charge is 2.28. The molecule has 2 aromatic carbocycles. The van der Waals surface area contributed by atoms with Gasteiger partial charge in [0, 0.05) is 71.8 Å². The van der Waals surface area contributed by atoms with E-state index in [2.05, 4.69) is 32.4 Å². The van der Waals surface area contributed by atoms with Gasteiger partial charge in [-0.3, -0.25) is 9.69 Å². The quantitative estimate of drug-likeness (QED) is 0.624. The van der Waals surface area contributed by atoms with Gasteiger partial charge in [-0.05, 0) is 30.3 Å². The smallest absolute Gasteiger partial charge is 0.273 e. The fraction of sp³-hybridized carbons (Fsp3) is 0.304. The molecule has 0 spiro atoms. The number of anilines is 1. The van der Waals surface area contributed by atoms with Crippen molar-refractivity contribution in [3.63, 3.8) is 0 Å². The van der Waals surface area contributed by atoms with E-state index in [0.29, 0.717) is 18.0 Å². The highest BCUT2D eigenvalue weighted by atomic mass is 35.5. The number of carbonyl (C=O) groups is 1. The van der Waals surface area contributed by atoms with E-state index in [0.717, 1.165) is 65.2 Å². The molecular formula is C23H23ClN4O2S. The molecule has 0 unspecified atom stereocenters. The lowest BCUT2D eigenvalue weighted by Gasteiger charge is -2.36. The third-order valence-corrected chi connectivity index (χ3v) is 7.10. The predicted octanol–water partition coefficient (Wildman–Crippen LogP) is 4.15. The molecule has 3 heterocycles. The number of halogens is 1. The summed E-state index contributed by atoms with van der Waals surface area (Å²) in [6.45, 7) is 5.20. The van der Waals surface area contributed by atoms with Crippen LogP contribution in [0.25, 0.3) is 11.3 Å². The summed E-state index contributed by atoms with van der Waals surface area (Å²) in [5.74, 6) is 1.25. The molecule has 2 aliphatic heterocycles. The maximum atomic E-state index is 12.7. The molecule has 1 saturated heterocycles. The Morgan fingerprint density at radius 2 is 1.97 bits per heavy atom. The average molecular weight is 455 g/mol. The Bertz CT molecular complexity index is 1090. The lowest BCUT2D eigenvalue weighted by atomic mass is 10.1. The molecule has 5 rings (SSSR count). The molecule has 1 amide bonds. The van der Waals surface area contributed by atoms with E-state index in [-0.39, 0.29) is 5.91 Å². The van der Waals surface area contributed by atoms with Gasteiger partial charge in [-0.15, -0.1) is 11.8 Å². The van der Waals surface area contributed by atoms with Crippen molar-refractivity contribution in [2.45, 2.75) is 10.6 Å². The standard InChI is InChI=1S/C23H23ClN4O2S/c24-16-4-3-5-17(14-16)28-12-10-27(11-13-28)9-8-25-23(29)21-19-15-31-20-7-2-1-6-18(20)22(19)30-26-21/h1-7,14H,8-13,15H2,(H,25,29). The first-order valence-electron chi connectivity index (χ1n) is 10.4. The van der Waals surface area contributed by atoms with Gasteiger partial charge in [0.25, 0.3) is 5.91 Å². The second-order valence-electron chi connectivity index (χ2n) is 7.69. The summed E-state index contributed by atoms with van der Waals surface area (Å²) in [7, 11) is 0. The van der Waals surface area contributed by atoms with E-state index < -0.39 is 0 Å². The Balaban J connectivity index is 1.13. The van der Waals surface area contributed by atoms with E-state index in [4.69, 9.17) is 16.1 Å². The lowest BCUT2D eigenvalue weighted by molar-refractivity contribution is 0.0938. The number of nitrogens with zero attached hydrogens (tertiary/aromatic N) is 3. The Morgan fingerprint density at radius 1 is 1.13 bits per heavy atom. The highest BCUT2D eigenvalue weighted by Crippen LogP contribution is 2.42. The number of aromatic nitrogens is 1. The molecule has 6 nitrogen and oxygen atoms in total. The molecule has 1 N–H and O–H groups in total. The van der Waals surface area contributed by atoms with Gasteiger partial charge >= 0.3 is 0 Å². The van der Waals surface area contributed by atoms with Crippen molar-refractivity contribution in [1.29, 1.82) is 0 Å². The third-order valence-electron chi connectivity index (χ3n) is 5.77. The van der Waals surface area contributed by atoms with E-state index in [1.807, 2.05) is 36.4 Å². The molecule has 0 saturated carbocycles. The minimum Gasteiger partial charge on any atom is -0.369 e. The van der Waals surface area contributed by atoms with Crippen LogP contribution in [0, 0.1) is 0 Å². The maximum absolute atomic E-state index is 12.7. The van der Waals surface area contributed by atoms with Gasteiger partial charge in [0.15, 0.2) is 11.5 Å². The van der Waals surface area contributed by atoms with Crippen molar-refractivity contribution in [2.75, 3.05) is 44.2 Å². The number of amides is 1. The van der Waals surface area contributed by atoms with Crippen LogP contribution in [0.15, 0.2) is 57.9 Å². The van der Waals surface area contributed by atoms with Crippen LogP contribution >= 0.6 is 23.4 Å². The summed E-state index contributed by atoms with van der Waals surface area (Å²) in [5, 5.41) is 7.86. The monoisotopic (exact) mass is 454 g/mol. The number of rotatable bonds is 5. The summed E-state index contributed by atoms with van der Waals surface area (Å²) in [6.07, 6.45) is 0. The van der Waals surface area contributed by atoms with Crippen LogP contribution in [0.5, 0.6) is 0 Å². The molecule has 0 aliphatic carbocycles. The number of piperazine rings is 1. The maximum Gasteiger partial charge on any atom is 0.273 e. The Hall–Kier alpha value is -2.48. The topological polar surface area (TPSA) is 61.6 Å². The molecule has 160 valence electrons. The van der Waals surface area contributed by atoms with Gasteiger partial charge in [-0.25, -0.2) is 0 Å². The van der Waals surface area contributed by atoms with Crippen LogP contribution in [0.2, 0.25) is 5.02 Å². The number of benzene rings is 2. The van der Waals surface area contributed by atoms with Crippen LogP contribution in [0.3, 0.4) is 0 Å².